The minimum absolute atomic E-state index is 0.0646. The molecule has 3 aromatic rings. The molecule has 28 heavy (non-hydrogen) atoms. The van der Waals surface area contributed by atoms with E-state index in [9.17, 15) is 14.0 Å². The lowest BCUT2D eigenvalue weighted by Crippen LogP contribution is -2.20. The average Bonchev–Trinajstić information content (AvgIpc) is 3.04. The first-order valence-corrected chi connectivity index (χ1v) is 9.04. The van der Waals surface area contributed by atoms with E-state index in [0.717, 1.165) is 11.3 Å². The first-order valence-electron chi connectivity index (χ1n) is 8.66. The Labute approximate surface area is 165 Å². The Morgan fingerprint density at radius 1 is 1.29 bits per heavy atom. The zero-order chi connectivity index (χ0) is 19.8. The Hall–Kier alpha value is -3.19. The Morgan fingerprint density at radius 2 is 2.11 bits per heavy atom. The van der Waals surface area contributed by atoms with Crippen LogP contribution in [0.25, 0.3) is 5.69 Å². The van der Waals surface area contributed by atoms with Gasteiger partial charge in [0, 0.05) is 17.1 Å². The largest absolute Gasteiger partial charge is 0.326 e. The second kappa shape index (κ2) is 7.09. The topological polar surface area (TPSA) is 76.0 Å². The van der Waals surface area contributed by atoms with Gasteiger partial charge in [0.15, 0.2) is 0 Å². The van der Waals surface area contributed by atoms with Gasteiger partial charge in [-0.05, 0) is 49.2 Å². The minimum Gasteiger partial charge on any atom is -0.326 e. The van der Waals surface area contributed by atoms with Gasteiger partial charge in [-0.25, -0.2) is 9.07 Å². The number of anilines is 2. The summed E-state index contributed by atoms with van der Waals surface area (Å²) in [4.78, 5) is 24.1. The van der Waals surface area contributed by atoms with Crippen LogP contribution < -0.4 is 10.6 Å². The number of carbonyl (C=O) groups is 2. The number of nitrogens with one attached hydrogen (secondary N) is 2. The van der Waals surface area contributed by atoms with E-state index < -0.39 is 11.7 Å². The Morgan fingerprint density at radius 3 is 2.89 bits per heavy atom. The molecule has 0 saturated carbocycles. The van der Waals surface area contributed by atoms with Gasteiger partial charge in [-0.15, -0.1) is 0 Å². The maximum atomic E-state index is 14.4. The fourth-order valence-electron chi connectivity index (χ4n) is 3.19. The molecule has 1 aliphatic rings. The number of fused-ring (bicyclic) bond motifs is 1. The molecule has 2 N–H and O–H groups in total. The molecule has 0 unspecified atom stereocenters. The van der Waals surface area contributed by atoms with Crippen LogP contribution in [0.4, 0.5) is 15.8 Å². The number of benzene rings is 2. The molecule has 1 aliphatic heterocycles. The van der Waals surface area contributed by atoms with Gasteiger partial charge >= 0.3 is 0 Å². The van der Waals surface area contributed by atoms with Crippen LogP contribution in [0, 0.1) is 12.7 Å². The third-order valence-electron chi connectivity index (χ3n) is 4.64. The smallest absolute Gasteiger partial charge is 0.259 e. The molecule has 0 spiro atoms. The molecule has 0 bridgehead atoms. The van der Waals surface area contributed by atoms with Crippen molar-refractivity contribution in [2.24, 2.45) is 0 Å². The number of halogens is 2. The highest BCUT2D eigenvalue weighted by Crippen LogP contribution is 2.29. The highest BCUT2D eigenvalue weighted by molar-refractivity contribution is 6.30. The van der Waals surface area contributed by atoms with Crippen LogP contribution in [-0.2, 0) is 11.2 Å². The fourth-order valence-corrected chi connectivity index (χ4v) is 3.37. The molecule has 2 heterocycles. The second-order valence-electron chi connectivity index (χ2n) is 6.53. The molecule has 0 fully saturated rings. The van der Waals surface area contributed by atoms with E-state index in [-0.39, 0.29) is 11.6 Å². The molecule has 4 rings (SSSR count). The van der Waals surface area contributed by atoms with Crippen molar-refractivity contribution in [3.63, 3.8) is 0 Å². The molecule has 0 aliphatic carbocycles. The van der Waals surface area contributed by atoms with Crippen LogP contribution in [0.2, 0.25) is 5.02 Å². The zero-order valence-corrected chi connectivity index (χ0v) is 15.7. The molecule has 142 valence electrons. The van der Waals surface area contributed by atoms with Crippen LogP contribution in [0.1, 0.15) is 28.0 Å². The van der Waals surface area contributed by atoms with E-state index in [4.69, 9.17) is 11.6 Å². The third kappa shape index (κ3) is 3.36. The second-order valence-corrected chi connectivity index (χ2v) is 6.96. The Balaban J connectivity index is 1.61. The number of rotatable bonds is 3. The third-order valence-corrected chi connectivity index (χ3v) is 4.88. The summed E-state index contributed by atoms with van der Waals surface area (Å²) in [5, 5.41) is 10.0. The highest BCUT2D eigenvalue weighted by Gasteiger charge is 2.20. The van der Waals surface area contributed by atoms with Gasteiger partial charge in [-0.3, -0.25) is 9.59 Å². The van der Waals surface area contributed by atoms with Crippen LogP contribution in [0.5, 0.6) is 0 Å². The maximum absolute atomic E-state index is 14.4. The lowest BCUT2D eigenvalue weighted by atomic mass is 10.0. The predicted molar refractivity (Wildman–Crippen MR) is 105 cm³/mol. The summed E-state index contributed by atoms with van der Waals surface area (Å²) in [5.74, 6) is -1.23. The normalized spacial score (nSPS) is 13.0. The van der Waals surface area contributed by atoms with Gasteiger partial charge in [0.1, 0.15) is 5.82 Å². The number of carbonyl (C=O) groups excluding carboxylic acids is 2. The summed E-state index contributed by atoms with van der Waals surface area (Å²) in [5.41, 5.74) is 2.93. The quantitative estimate of drug-likeness (QED) is 0.697. The van der Waals surface area contributed by atoms with Gasteiger partial charge in [-0.1, -0.05) is 17.7 Å². The van der Waals surface area contributed by atoms with Gasteiger partial charge in [0.2, 0.25) is 5.91 Å². The fraction of sp³-hybridized carbons (Fsp3) is 0.150. The van der Waals surface area contributed by atoms with Crippen molar-refractivity contribution < 1.29 is 14.0 Å². The van der Waals surface area contributed by atoms with E-state index >= 15 is 0 Å². The van der Waals surface area contributed by atoms with Crippen molar-refractivity contribution in [1.82, 2.24) is 9.78 Å². The SMILES string of the molecule is Cc1c(C(=O)Nc2cc3c(cc2F)NC(=O)CC3)cnn1-c1cccc(Cl)c1. The number of aromatic nitrogens is 2. The monoisotopic (exact) mass is 398 g/mol. The van der Waals surface area contributed by atoms with Gasteiger partial charge in [-0.2, -0.15) is 5.10 Å². The molecule has 0 radical (unpaired) electrons. The van der Waals surface area contributed by atoms with Crippen LogP contribution in [0.3, 0.4) is 0 Å². The van der Waals surface area contributed by atoms with Crippen molar-refractivity contribution in [2.75, 3.05) is 10.6 Å². The van der Waals surface area contributed by atoms with Crippen molar-refractivity contribution in [3.05, 3.63) is 70.3 Å². The molecule has 0 saturated heterocycles. The van der Waals surface area contributed by atoms with Crippen molar-refractivity contribution in [3.8, 4) is 5.69 Å². The number of aryl methyl sites for hydroxylation is 1. The Bertz CT molecular complexity index is 1110. The van der Waals surface area contributed by atoms with Crippen molar-refractivity contribution in [1.29, 1.82) is 0 Å². The summed E-state index contributed by atoms with van der Waals surface area (Å²) in [6.07, 6.45) is 2.26. The number of amides is 2. The molecule has 1 aromatic heterocycles. The summed E-state index contributed by atoms with van der Waals surface area (Å²) >= 11 is 6.02. The predicted octanol–water partition coefficient (Wildman–Crippen LogP) is 4.11. The minimum atomic E-state index is -0.616. The van der Waals surface area contributed by atoms with Gasteiger partial charge in [0.05, 0.1) is 28.8 Å². The van der Waals surface area contributed by atoms with E-state index in [1.807, 2.05) is 6.07 Å². The average molecular weight is 399 g/mol. The zero-order valence-electron chi connectivity index (χ0n) is 14.9. The summed E-state index contributed by atoms with van der Waals surface area (Å²) in [7, 11) is 0. The van der Waals surface area contributed by atoms with Crippen LogP contribution >= 0.6 is 11.6 Å². The summed E-state index contributed by atoms with van der Waals surface area (Å²) in [6.45, 7) is 1.75. The molecule has 0 atom stereocenters. The van der Waals surface area contributed by atoms with E-state index in [1.165, 1.54) is 12.3 Å². The lowest BCUT2D eigenvalue weighted by molar-refractivity contribution is -0.116. The molecule has 2 aromatic carbocycles. The van der Waals surface area contributed by atoms with Crippen molar-refractivity contribution >= 4 is 34.8 Å². The first kappa shape index (κ1) is 18.2. The van der Waals surface area contributed by atoms with Crippen molar-refractivity contribution in [2.45, 2.75) is 19.8 Å². The van der Waals surface area contributed by atoms with E-state index in [0.29, 0.717) is 34.8 Å². The van der Waals surface area contributed by atoms with Crippen LogP contribution in [-0.4, -0.2) is 21.6 Å². The Kier molecular flexibility index (Phi) is 4.60. The number of nitrogens with zero attached hydrogens (tertiary/aromatic N) is 2. The maximum Gasteiger partial charge on any atom is 0.259 e. The standard InChI is InChI=1S/C20H16ClFN4O2/c1-11-15(10-23-26(11)14-4-2-3-13(21)8-14)20(28)25-18-7-12-5-6-19(27)24-17(12)9-16(18)22/h2-4,7-10H,5-6H2,1H3,(H,24,27)(H,25,28). The van der Waals surface area contributed by atoms with Crippen LogP contribution in [0.15, 0.2) is 42.6 Å². The highest BCUT2D eigenvalue weighted by atomic mass is 35.5. The van der Waals surface area contributed by atoms with Gasteiger partial charge < -0.3 is 10.6 Å². The molecular formula is C20H16ClFN4O2. The van der Waals surface area contributed by atoms with E-state index in [1.54, 1.807) is 35.9 Å². The molecule has 2 amide bonds. The lowest BCUT2D eigenvalue weighted by Gasteiger charge is -2.18. The molecule has 8 heteroatoms. The van der Waals surface area contributed by atoms with E-state index in [2.05, 4.69) is 15.7 Å². The summed E-state index contributed by atoms with van der Waals surface area (Å²) in [6, 6.07) is 9.88. The first-order chi connectivity index (χ1) is 13.4. The number of hydrogen-bond donors (Lipinski definition) is 2. The summed E-state index contributed by atoms with van der Waals surface area (Å²) < 4.78 is 16.0. The molecular weight excluding hydrogens is 383 g/mol. The number of hydrogen-bond acceptors (Lipinski definition) is 3. The van der Waals surface area contributed by atoms with Gasteiger partial charge in [0.25, 0.3) is 5.91 Å². The molecule has 6 nitrogen and oxygen atoms in total.